The molecule has 0 saturated heterocycles. The van der Waals surface area contributed by atoms with Crippen molar-refractivity contribution >= 4 is 45.1 Å². The van der Waals surface area contributed by atoms with Crippen molar-refractivity contribution in [3.8, 4) is 0 Å². The van der Waals surface area contributed by atoms with Gasteiger partial charge in [-0.1, -0.05) is 23.7 Å². The number of carbonyl (C=O) groups excluding carboxylic acids is 1. The van der Waals surface area contributed by atoms with Crippen molar-refractivity contribution in [3.05, 3.63) is 41.0 Å². The van der Waals surface area contributed by atoms with Crippen LogP contribution >= 0.6 is 11.6 Å². The molecule has 1 aromatic heterocycles. The summed E-state index contributed by atoms with van der Waals surface area (Å²) in [4.78, 5) is 25.1. The van der Waals surface area contributed by atoms with Gasteiger partial charge in [-0.2, -0.15) is 4.98 Å². The van der Waals surface area contributed by atoms with E-state index in [1.165, 1.54) is 11.2 Å². The Balaban J connectivity index is 1.45. The standard InChI is InChI=1S/C20H25ClN6O3S/c1-26-18-13(12-27(20(26)28)17-6-4-3-5-16(17)21)11-22-19(24-18)23-14-7-9-15(10-8-14)25-31(2,29)30/h3-6,11,14-15,25H,7-10,12H2,1-2H3,(H,22,23,24). The van der Waals surface area contributed by atoms with Crippen LogP contribution in [0.5, 0.6) is 0 Å². The molecule has 2 aromatic rings. The summed E-state index contributed by atoms with van der Waals surface area (Å²) in [6, 6.07) is 7.14. The summed E-state index contributed by atoms with van der Waals surface area (Å²) in [6.07, 6.45) is 6.03. The number of sulfonamides is 1. The third-order valence-electron chi connectivity index (χ3n) is 5.59. The van der Waals surface area contributed by atoms with Crippen molar-refractivity contribution in [3.63, 3.8) is 0 Å². The molecule has 1 aliphatic carbocycles. The highest BCUT2D eigenvalue weighted by atomic mass is 35.5. The van der Waals surface area contributed by atoms with E-state index in [-0.39, 0.29) is 18.1 Å². The molecule has 0 spiro atoms. The minimum atomic E-state index is -3.19. The van der Waals surface area contributed by atoms with E-state index >= 15 is 0 Å². The summed E-state index contributed by atoms with van der Waals surface area (Å²) >= 11 is 6.29. The maximum Gasteiger partial charge on any atom is 0.330 e. The van der Waals surface area contributed by atoms with Crippen molar-refractivity contribution in [2.24, 2.45) is 0 Å². The van der Waals surface area contributed by atoms with Crippen molar-refractivity contribution in [1.82, 2.24) is 14.7 Å². The van der Waals surface area contributed by atoms with Crippen LogP contribution in [0.4, 0.5) is 22.2 Å². The van der Waals surface area contributed by atoms with E-state index in [0.29, 0.717) is 29.0 Å². The fraction of sp³-hybridized carbons (Fsp3) is 0.450. The third kappa shape index (κ3) is 4.91. The molecule has 0 atom stereocenters. The molecular weight excluding hydrogens is 440 g/mol. The number of rotatable bonds is 5. The molecule has 1 aliphatic heterocycles. The van der Waals surface area contributed by atoms with E-state index in [1.54, 1.807) is 24.2 Å². The monoisotopic (exact) mass is 464 g/mol. The second-order valence-corrected chi connectivity index (χ2v) is 10.2. The lowest BCUT2D eigenvalue weighted by Crippen LogP contribution is -2.46. The van der Waals surface area contributed by atoms with Gasteiger partial charge in [0.2, 0.25) is 16.0 Å². The number of amides is 2. The number of benzene rings is 1. The Hall–Kier alpha value is -2.43. The Bertz CT molecular complexity index is 1090. The van der Waals surface area contributed by atoms with Crippen molar-refractivity contribution in [2.45, 2.75) is 44.3 Å². The SMILES string of the molecule is CN1C(=O)N(c2ccccc2Cl)Cc2cnc(NC3CCC(NS(C)(=O)=O)CC3)nc21. The molecule has 11 heteroatoms. The number of urea groups is 1. The quantitative estimate of drug-likeness (QED) is 0.704. The number of carbonyl (C=O) groups is 1. The lowest BCUT2D eigenvalue weighted by Gasteiger charge is -2.34. The Morgan fingerprint density at radius 3 is 2.48 bits per heavy atom. The molecule has 0 radical (unpaired) electrons. The maximum atomic E-state index is 12.9. The van der Waals surface area contributed by atoms with Crippen LogP contribution in [0.25, 0.3) is 0 Å². The summed E-state index contributed by atoms with van der Waals surface area (Å²) in [6.45, 7) is 0.338. The Morgan fingerprint density at radius 1 is 1.13 bits per heavy atom. The molecule has 2 amide bonds. The topological polar surface area (TPSA) is 108 Å². The number of nitrogens with zero attached hydrogens (tertiary/aromatic N) is 4. The van der Waals surface area contributed by atoms with E-state index < -0.39 is 10.0 Å². The maximum absolute atomic E-state index is 12.9. The first-order valence-corrected chi connectivity index (χ1v) is 12.4. The fourth-order valence-electron chi connectivity index (χ4n) is 4.08. The van der Waals surface area contributed by atoms with Gasteiger partial charge in [0.05, 0.1) is 23.5 Å². The van der Waals surface area contributed by atoms with Gasteiger partial charge in [-0.25, -0.2) is 22.9 Å². The van der Waals surface area contributed by atoms with Gasteiger partial charge >= 0.3 is 6.03 Å². The summed E-state index contributed by atoms with van der Waals surface area (Å²) in [5, 5.41) is 3.84. The zero-order chi connectivity index (χ0) is 22.2. The van der Waals surface area contributed by atoms with Crippen molar-refractivity contribution in [1.29, 1.82) is 0 Å². The molecule has 31 heavy (non-hydrogen) atoms. The van der Waals surface area contributed by atoms with Gasteiger partial charge in [0.25, 0.3) is 0 Å². The Labute approximate surface area is 186 Å². The molecule has 166 valence electrons. The smallest absolute Gasteiger partial charge is 0.330 e. The molecule has 0 bridgehead atoms. The highest BCUT2D eigenvalue weighted by Gasteiger charge is 2.32. The van der Waals surface area contributed by atoms with Crippen LogP contribution in [0.1, 0.15) is 31.2 Å². The summed E-state index contributed by atoms with van der Waals surface area (Å²) < 4.78 is 25.5. The predicted octanol–water partition coefficient (Wildman–Crippen LogP) is 2.98. The average Bonchev–Trinajstić information content (AvgIpc) is 2.72. The van der Waals surface area contributed by atoms with Crippen LogP contribution in [0.3, 0.4) is 0 Å². The van der Waals surface area contributed by atoms with Crippen molar-refractivity contribution in [2.75, 3.05) is 28.4 Å². The summed E-state index contributed by atoms with van der Waals surface area (Å²) in [5.74, 6) is 1.03. The van der Waals surface area contributed by atoms with Gasteiger partial charge in [-0.15, -0.1) is 0 Å². The summed E-state index contributed by atoms with van der Waals surface area (Å²) in [7, 11) is -1.51. The third-order valence-corrected chi connectivity index (χ3v) is 6.67. The predicted molar refractivity (Wildman–Crippen MR) is 121 cm³/mol. The van der Waals surface area contributed by atoms with E-state index in [1.807, 2.05) is 18.2 Å². The normalized spacial score (nSPS) is 21.7. The average molecular weight is 465 g/mol. The Morgan fingerprint density at radius 2 is 1.81 bits per heavy atom. The highest BCUT2D eigenvalue weighted by Crippen LogP contribution is 2.33. The van der Waals surface area contributed by atoms with Gasteiger partial charge in [-0.3, -0.25) is 9.80 Å². The zero-order valence-electron chi connectivity index (χ0n) is 17.4. The van der Waals surface area contributed by atoms with Gasteiger partial charge < -0.3 is 5.32 Å². The van der Waals surface area contributed by atoms with Crippen LogP contribution < -0.4 is 19.8 Å². The lowest BCUT2D eigenvalue weighted by molar-refractivity contribution is 0.251. The molecule has 9 nitrogen and oxygen atoms in total. The van der Waals surface area contributed by atoms with E-state index in [0.717, 1.165) is 31.2 Å². The molecular formula is C20H25ClN6O3S. The van der Waals surface area contributed by atoms with E-state index in [2.05, 4.69) is 20.0 Å². The first kappa shape index (κ1) is 21.8. The van der Waals surface area contributed by atoms with Crippen LogP contribution in [-0.4, -0.2) is 49.8 Å². The number of halogens is 1. The first-order chi connectivity index (χ1) is 14.7. The van der Waals surface area contributed by atoms with Gasteiger partial charge in [0.15, 0.2) is 0 Å². The second-order valence-electron chi connectivity index (χ2n) is 8.00. The first-order valence-electron chi connectivity index (χ1n) is 10.1. The molecule has 1 saturated carbocycles. The lowest BCUT2D eigenvalue weighted by atomic mass is 9.92. The number of para-hydroxylation sites is 1. The molecule has 4 rings (SSSR count). The Kier molecular flexibility index (Phi) is 6.05. The molecule has 2 N–H and O–H groups in total. The van der Waals surface area contributed by atoms with E-state index in [4.69, 9.17) is 11.6 Å². The number of hydrogen-bond donors (Lipinski definition) is 2. The number of aromatic nitrogens is 2. The van der Waals surface area contributed by atoms with Crippen LogP contribution in [0.2, 0.25) is 5.02 Å². The minimum absolute atomic E-state index is 0.0305. The molecule has 1 fully saturated rings. The van der Waals surface area contributed by atoms with Crippen LogP contribution in [-0.2, 0) is 16.6 Å². The molecule has 0 unspecified atom stereocenters. The number of fused-ring (bicyclic) bond motifs is 1. The largest absolute Gasteiger partial charge is 0.351 e. The number of anilines is 3. The van der Waals surface area contributed by atoms with Crippen LogP contribution in [0.15, 0.2) is 30.5 Å². The molecule has 2 heterocycles. The number of nitrogens with one attached hydrogen (secondary N) is 2. The molecule has 1 aromatic carbocycles. The number of hydrogen-bond acceptors (Lipinski definition) is 6. The molecule has 2 aliphatic rings. The van der Waals surface area contributed by atoms with Gasteiger partial charge in [0.1, 0.15) is 5.82 Å². The van der Waals surface area contributed by atoms with Gasteiger partial charge in [-0.05, 0) is 37.8 Å². The minimum Gasteiger partial charge on any atom is -0.351 e. The van der Waals surface area contributed by atoms with Crippen molar-refractivity contribution < 1.29 is 13.2 Å². The fourth-order valence-corrected chi connectivity index (χ4v) is 5.16. The van der Waals surface area contributed by atoms with E-state index in [9.17, 15) is 13.2 Å². The second kappa shape index (κ2) is 8.60. The highest BCUT2D eigenvalue weighted by molar-refractivity contribution is 7.88. The zero-order valence-corrected chi connectivity index (χ0v) is 18.9. The van der Waals surface area contributed by atoms with Gasteiger partial charge in [0, 0.05) is 30.9 Å². The van der Waals surface area contributed by atoms with Crippen LogP contribution in [0, 0.1) is 0 Å². The summed E-state index contributed by atoms with van der Waals surface area (Å²) in [5.41, 5.74) is 1.47.